The summed E-state index contributed by atoms with van der Waals surface area (Å²) >= 11 is 0. The summed E-state index contributed by atoms with van der Waals surface area (Å²) in [6, 6.07) is 62.1. The highest BCUT2D eigenvalue weighted by molar-refractivity contribution is 5.92. The number of hydrogen-bond acceptors (Lipinski definition) is 3. The maximum Gasteiger partial charge on any atom is 0.160 e. The highest BCUT2D eigenvalue weighted by Gasteiger charge is 2.35. The van der Waals surface area contributed by atoms with Gasteiger partial charge in [0.05, 0.1) is 28.8 Å². The molecule has 4 heteroatoms. The molecule has 2 aromatic heterocycles. The van der Waals surface area contributed by atoms with Crippen LogP contribution in [0.1, 0.15) is 25.0 Å². The highest BCUT2D eigenvalue weighted by Crippen LogP contribution is 2.49. The van der Waals surface area contributed by atoms with Crippen LogP contribution in [0, 0.1) is 0 Å². The Bertz CT molecular complexity index is 2820. The fourth-order valence-corrected chi connectivity index (χ4v) is 8.00. The summed E-state index contributed by atoms with van der Waals surface area (Å²) in [5.74, 6) is 0.703. The van der Waals surface area contributed by atoms with Crippen LogP contribution in [0.2, 0.25) is 0 Å². The van der Waals surface area contributed by atoms with E-state index in [0.717, 1.165) is 55.8 Å². The zero-order valence-electron chi connectivity index (χ0n) is 30.1. The molecule has 0 N–H and O–H groups in total. The van der Waals surface area contributed by atoms with Crippen molar-refractivity contribution < 1.29 is 0 Å². The lowest BCUT2D eigenvalue weighted by Crippen LogP contribution is -2.14. The molecule has 54 heavy (non-hydrogen) atoms. The SMILES string of the molecule is CC1(C)c2ccccc2-c2cc3c(cnn3-c3ccc(-c4cccc(-c5cc(-c6ccc(-c7ccccc7)cc6)nc(-c6ccccc6)n5)c4)cc3)cc21. The minimum Gasteiger partial charge on any atom is -0.233 e. The molecule has 0 saturated carbocycles. The van der Waals surface area contributed by atoms with E-state index in [4.69, 9.17) is 15.1 Å². The van der Waals surface area contributed by atoms with Crippen LogP contribution in [-0.4, -0.2) is 19.7 Å². The molecule has 2 heterocycles. The summed E-state index contributed by atoms with van der Waals surface area (Å²) < 4.78 is 2.06. The van der Waals surface area contributed by atoms with Crippen molar-refractivity contribution >= 4 is 10.9 Å². The minimum absolute atomic E-state index is 0.0387. The van der Waals surface area contributed by atoms with Gasteiger partial charge in [-0.2, -0.15) is 5.10 Å². The topological polar surface area (TPSA) is 43.6 Å². The fraction of sp³-hybridized carbons (Fsp3) is 0.0600. The van der Waals surface area contributed by atoms with Crippen molar-refractivity contribution in [3.8, 4) is 73.0 Å². The second kappa shape index (κ2) is 12.6. The average Bonchev–Trinajstić information content (AvgIpc) is 3.76. The van der Waals surface area contributed by atoms with E-state index < -0.39 is 0 Å². The van der Waals surface area contributed by atoms with Crippen molar-refractivity contribution in [2.45, 2.75) is 19.3 Å². The third-order valence-electron chi connectivity index (χ3n) is 10.9. The van der Waals surface area contributed by atoms with Gasteiger partial charge in [-0.3, -0.25) is 0 Å². The standard InChI is InChI=1S/C50H36N4/c1-50(2)44-19-10-9-18-42(44)43-30-48-40(29-45(43)50)32-51-54(48)41-26-24-35(25-27-41)38-16-11-17-39(28-38)47-31-46(52-49(53-47)37-14-7-4-8-15-37)36-22-20-34(21-23-36)33-12-5-3-6-13-33/h3-32H,1-2H3. The Morgan fingerprint density at radius 2 is 1.00 bits per heavy atom. The summed E-state index contributed by atoms with van der Waals surface area (Å²) in [4.78, 5) is 10.2. The molecule has 0 atom stereocenters. The van der Waals surface area contributed by atoms with Gasteiger partial charge in [0, 0.05) is 27.5 Å². The van der Waals surface area contributed by atoms with E-state index >= 15 is 0 Å². The van der Waals surface area contributed by atoms with E-state index in [1.54, 1.807) is 0 Å². The lowest BCUT2D eigenvalue weighted by molar-refractivity contribution is 0.661. The quantitative estimate of drug-likeness (QED) is 0.174. The normalized spacial score (nSPS) is 12.8. The molecule has 0 aliphatic heterocycles. The van der Waals surface area contributed by atoms with Gasteiger partial charge in [0.15, 0.2) is 5.82 Å². The number of benzene rings is 7. The molecule has 1 aliphatic carbocycles. The second-order valence-corrected chi connectivity index (χ2v) is 14.6. The first-order chi connectivity index (χ1) is 26.5. The van der Waals surface area contributed by atoms with Gasteiger partial charge in [-0.25, -0.2) is 14.6 Å². The largest absolute Gasteiger partial charge is 0.233 e. The molecule has 10 rings (SSSR count). The molecular weight excluding hydrogens is 657 g/mol. The van der Waals surface area contributed by atoms with Crippen LogP contribution in [0.3, 0.4) is 0 Å². The molecule has 0 fully saturated rings. The third kappa shape index (κ3) is 5.43. The Morgan fingerprint density at radius 1 is 0.426 bits per heavy atom. The third-order valence-corrected chi connectivity index (χ3v) is 10.9. The molecular formula is C50H36N4. The number of hydrogen-bond donors (Lipinski definition) is 0. The van der Waals surface area contributed by atoms with E-state index in [2.05, 4.69) is 170 Å². The van der Waals surface area contributed by atoms with Gasteiger partial charge in [-0.15, -0.1) is 0 Å². The van der Waals surface area contributed by atoms with Gasteiger partial charge in [-0.05, 0) is 80.9 Å². The Balaban J connectivity index is 0.992. The first-order valence-corrected chi connectivity index (χ1v) is 18.4. The first-order valence-electron chi connectivity index (χ1n) is 18.4. The first kappa shape index (κ1) is 31.8. The Labute approximate surface area is 315 Å². The summed E-state index contributed by atoms with van der Waals surface area (Å²) in [6.07, 6.45) is 1.99. The molecule has 0 saturated heterocycles. The van der Waals surface area contributed by atoms with Gasteiger partial charge in [0.2, 0.25) is 0 Å². The Morgan fingerprint density at radius 3 is 1.76 bits per heavy atom. The van der Waals surface area contributed by atoms with Gasteiger partial charge in [-0.1, -0.05) is 153 Å². The molecule has 0 unspecified atom stereocenters. The molecule has 0 amide bonds. The minimum atomic E-state index is -0.0387. The maximum atomic E-state index is 5.10. The lowest BCUT2D eigenvalue weighted by Gasteiger charge is -2.21. The van der Waals surface area contributed by atoms with Crippen LogP contribution in [0.5, 0.6) is 0 Å². The predicted molar refractivity (Wildman–Crippen MR) is 221 cm³/mol. The van der Waals surface area contributed by atoms with Crippen LogP contribution in [0.25, 0.3) is 83.9 Å². The van der Waals surface area contributed by atoms with E-state index in [9.17, 15) is 0 Å². The summed E-state index contributed by atoms with van der Waals surface area (Å²) in [5, 5.41) is 6.01. The smallest absolute Gasteiger partial charge is 0.160 e. The zero-order valence-corrected chi connectivity index (χ0v) is 30.1. The van der Waals surface area contributed by atoms with E-state index in [0.29, 0.717) is 5.82 Å². The number of aromatic nitrogens is 4. The van der Waals surface area contributed by atoms with Crippen molar-refractivity contribution in [2.75, 3.05) is 0 Å². The molecule has 9 aromatic rings. The van der Waals surface area contributed by atoms with Crippen molar-refractivity contribution in [1.82, 2.24) is 19.7 Å². The molecule has 0 radical (unpaired) electrons. The number of fused-ring (bicyclic) bond motifs is 4. The van der Waals surface area contributed by atoms with E-state index in [1.165, 1.54) is 33.4 Å². The van der Waals surface area contributed by atoms with Crippen LogP contribution >= 0.6 is 0 Å². The average molecular weight is 693 g/mol. The van der Waals surface area contributed by atoms with Crippen LogP contribution in [0.4, 0.5) is 0 Å². The van der Waals surface area contributed by atoms with Crippen LogP contribution < -0.4 is 0 Å². The van der Waals surface area contributed by atoms with Gasteiger partial charge >= 0.3 is 0 Å². The summed E-state index contributed by atoms with van der Waals surface area (Å²) in [5.41, 5.74) is 16.9. The maximum absolute atomic E-state index is 5.10. The fourth-order valence-electron chi connectivity index (χ4n) is 8.00. The molecule has 7 aromatic carbocycles. The van der Waals surface area contributed by atoms with Crippen molar-refractivity contribution in [2.24, 2.45) is 0 Å². The highest BCUT2D eigenvalue weighted by atomic mass is 15.3. The van der Waals surface area contributed by atoms with Crippen molar-refractivity contribution in [3.05, 3.63) is 193 Å². The predicted octanol–water partition coefficient (Wildman–Crippen LogP) is 12.5. The van der Waals surface area contributed by atoms with E-state index in [1.807, 2.05) is 30.5 Å². The molecule has 0 bridgehead atoms. The second-order valence-electron chi connectivity index (χ2n) is 14.6. The Kier molecular flexibility index (Phi) is 7.44. The molecule has 0 spiro atoms. The zero-order chi connectivity index (χ0) is 36.2. The van der Waals surface area contributed by atoms with Crippen LogP contribution in [0.15, 0.2) is 182 Å². The van der Waals surface area contributed by atoms with Crippen molar-refractivity contribution in [1.29, 1.82) is 0 Å². The number of nitrogens with zero attached hydrogens (tertiary/aromatic N) is 4. The van der Waals surface area contributed by atoms with Gasteiger partial charge in [0.1, 0.15) is 0 Å². The molecule has 4 nitrogen and oxygen atoms in total. The summed E-state index contributed by atoms with van der Waals surface area (Å²) in [6.45, 7) is 4.64. The molecule has 256 valence electrons. The van der Waals surface area contributed by atoms with E-state index in [-0.39, 0.29) is 5.41 Å². The Hall–Kier alpha value is -6.91. The number of rotatable bonds is 6. The summed E-state index contributed by atoms with van der Waals surface area (Å²) in [7, 11) is 0. The molecule has 1 aliphatic rings. The monoisotopic (exact) mass is 692 g/mol. The van der Waals surface area contributed by atoms with Gasteiger partial charge in [0.25, 0.3) is 0 Å². The van der Waals surface area contributed by atoms with Crippen LogP contribution in [-0.2, 0) is 5.41 Å². The van der Waals surface area contributed by atoms with Crippen molar-refractivity contribution in [3.63, 3.8) is 0 Å². The lowest BCUT2D eigenvalue weighted by atomic mass is 9.82. The van der Waals surface area contributed by atoms with Gasteiger partial charge < -0.3 is 0 Å².